The Hall–Kier alpha value is -2.53. The number of ether oxygens (including phenoxy) is 2. The SMILES string of the molecule is Nc1ccc(-c2csc(Cc3ccc4c(c3)OCO4)n2)cc1. The molecule has 0 bridgehead atoms. The van der Waals surface area contributed by atoms with E-state index in [9.17, 15) is 0 Å². The standard InChI is InChI=1S/C17H14N2O2S/c18-13-4-2-12(3-5-13)14-9-22-17(19-14)8-11-1-6-15-16(7-11)21-10-20-15/h1-7,9H,8,10,18H2. The summed E-state index contributed by atoms with van der Waals surface area (Å²) in [5.74, 6) is 1.62. The first-order valence-electron chi connectivity index (χ1n) is 6.97. The van der Waals surface area contributed by atoms with Crippen molar-refractivity contribution in [1.29, 1.82) is 0 Å². The van der Waals surface area contributed by atoms with Crippen LogP contribution in [0.5, 0.6) is 11.5 Å². The maximum absolute atomic E-state index is 5.72. The number of anilines is 1. The molecule has 2 heterocycles. The number of thiazole rings is 1. The topological polar surface area (TPSA) is 57.4 Å². The van der Waals surface area contributed by atoms with Gasteiger partial charge in [0.2, 0.25) is 6.79 Å². The van der Waals surface area contributed by atoms with E-state index in [1.807, 2.05) is 36.4 Å². The summed E-state index contributed by atoms with van der Waals surface area (Å²) in [7, 11) is 0. The molecule has 0 amide bonds. The van der Waals surface area contributed by atoms with Gasteiger partial charge in [0, 0.05) is 23.1 Å². The summed E-state index contributed by atoms with van der Waals surface area (Å²) in [6.45, 7) is 0.303. The highest BCUT2D eigenvalue weighted by atomic mass is 32.1. The Morgan fingerprint density at radius 1 is 1.05 bits per heavy atom. The third-order valence-electron chi connectivity index (χ3n) is 3.55. The number of nitrogens with two attached hydrogens (primary N) is 1. The lowest BCUT2D eigenvalue weighted by atomic mass is 10.1. The Labute approximate surface area is 132 Å². The van der Waals surface area contributed by atoms with Gasteiger partial charge in [0.05, 0.1) is 10.7 Å². The number of benzene rings is 2. The van der Waals surface area contributed by atoms with Gasteiger partial charge in [-0.1, -0.05) is 18.2 Å². The molecule has 4 rings (SSSR count). The van der Waals surface area contributed by atoms with E-state index in [0.29, 0.717) is 6.79 Å². The van der Waals surface area contributed by atoms with Gasteiger partial charge in [-0.3, -0.25) is 0 Å². The van der Waals surface area contributed by atoms with Crippen LogP contribution >= 0.6 is 11.3 Å². The van der Waals surface area contributed by atoms with Crippen molar-refractivity contribution >= 4 is 17.0 Å². The molecule has 110 valence electrons. The molecular weight excluding hydrogens is 296 g/mol. The van der Waals surface area contributed by atoms with Crippen LogP contribution in [0, 0.1) is 0 Å². The summed E-state index contributed by atoms with van der Waals surface area (Å²) < 4.78 is 10.7. The summed E-state index contributed by atoms with van der Waals surface area (Å²) in [6, 6.07) is 13.8. The fourth-order valence-corrected chi connectivity index (χ4v) is 3.24. The maximum atomic E-state index is 5.72. The summed E-state index contributed by atoms with van der Waals surface area (Å²) >= 11 is 1.66. The second-order valence-corrected chi connectivity index (χ2v) is 6.06. The van der Waals surface area contributed by atoms with Gasteiger partial charge in [0.1, 0.15) is 0 Å². The van der Waals surface area contributed by atoms with Crippen molar-refractivity contribution in [3.05, 3.63) is 58.4 Å². The monoisotopic (exact) mass is 310 g/mol. The van der Waals surface area contributed by atoms with E-state index in [-0.39, 0.29) is 0 Å². The summed E-state index contributed by atoms with van der Waals surface area (Å²) in [6.07, 6.45) is 0.788. The molecule has 0 radical (unpaired) electrons. The fraction of sp³-hybridized carbons (Fsp3) is 0.118. The lowest BCUT2D eigenvalue weighted by Gasteiger charge is -2.01. The molecule has 1 aromatic heterocycles. The molecule has 2 aromatic carbocycles. The summed E-state index contributed by atoms with van der Waals surface area (Å²) in [5, 5.41) is 3.15. The quantitative estimate of drug-likeness (QED) is 0.749. The first-order valence-corrected chi connectivity index (χ1v) is 7.85. The van der Waals surface area contributed by atoms with Gasteiger partial charge >= 0.3 is 0 Å². The largest absolute Gasteiger partial charge is 0.454 e. The number of rotatable bonds is 3. The Balaban J connectivity index is 1.55. The van der Waals surface area contributed by atoms with E-state index in [1.54, 1.807) is 11.3 Å². The Morgan fingerprint density at radius 3 is 2.73 bits per heavy atom. The highest BCUT2D eigenvalue weighted by Crippen LogP contribution is 2.33. The minimum absolute atomic E-state index is 0.303. The number of hydrogen-bond acceptors (Lipinski definition) is 5. The molecule has 3 aromatic rings. The van der Waals surface area contributed by atoms with E-state index < -0.39 is 0 Å². The third-order valence-corrected chi connectivity index (χ3v) is 4.40. The number of hydrogen-bond donors (Lipinski definition) is 1. The molecular formula is C17H14N2O2S. The molecule has 0 aliphatic carbocycles. The molecule has 0 saturated heterocycles. The lowest BCUT2D eigenvalue weighted by molar-refractivity contribution is 0.174. The van der Waals surface area contributed by atoms with E-state index in [1.165, 1.54) is 5.56 Å². The average Bonchev–Trinajstić information content (AvgIpc) is 3.17. The minimum atomic E-state index is 0.303. The van der Waals surface area contributed by atoms with E-state index in [0.717, 1.165) is 39.9 Å². The molecule has 0 saturated carbocycles. The van der Waals surface area contributed by atoms with Gasteiger partial charge in [-0.25, -0.2) is 4.98 Å². The molecule has 1 aliphatic heterocycles. The minimum Gasteiger partial charge on any atom is -0.454 e. The predicted octanol–water partition coefficient (Wildman–Crippen LogP) is 3.71. The van der Waals surface area contributed by atoms with E-state index >= 15 is 0 Å². The zero-order chi connectivity index (χ0) is 14.9. The molecule has 0 fully saturated rings. The van der Waals surface area contributed by atoms with Crippen molar-refractivity contribution in [3.8, 4) is 22.8 Å². The zero-order valence-corrected chi connectivity index (χ0v) is 12.6. The number of nitrogen functional groups attached to an aromatic ring is 1. The highest BCUT2D eigenvalue weighted by molar-refractivity contribution is 7.10. The van der Waals surface area contributed by atoms with Crippen LogP contribution in [0.4, 0.5) is 5.69 Å². The normalized spacial score (nSPS) is 12.5. The first-order chi connectivity index (χ1) is 10.8. The van der Waals surface area contributed by atoms with Gasteiger partial charge in [-0.15, -0.1) is 11.3 Å². The first kappa shape index (κ1) is 13.2. The number of aromatic nitrogens is 1. The summed E-state index contributed by atoms with van der Waals surface area (Å²) in [5.41, 5.74) is 9.72. The van der Waals surface area contributed by atoms with Gasteiger partial charge in [-0.2, -0.15) is 0 Å². The molecule has 1 aliphatic rings. The van der Waals surface area contributed by atoms with E-state index in [4.69, 9.17) is 20.2 Å². The summed E-state index contributed by atoms with van der Waals surface area (Å²) in [4.78, 5) is 4.70. The van der Waals surface area contributed by atoms with Crippen LogP contribution in [0.1, 0.15) is 10.6 Å². The second kappa shape index (κ2) is 5.35. The molecule has 22 heavy (non-hydrogen) atoms. The Morgan fingerprint density at radius 2 is 1.86 bits per heavy atom. The van der Waals surface area contributed by atoms with Gasteiger partial charge in [0.15, 0.2) is 11.5 Å². The van der Waals surface area contributed by atoms with Gasteiger partial charge in [-0.05, 0) is 29.8 Å². The highest BCUT2D eigenvalue weighted by Gasteiger charge is 2.14. The average molecular weight is 310 g/mol. The molecule has 0 spiro atoms. The van der Waals surface area contributed by atoms with Crippen molar-refractivity contribution in [1.82, 2.24) is 4.98 Å². The van der Waals surface area contributed by atoms with Crippen molar-refractivity contribution in [2.45, 2.75) is 6.42 Å². The molecule has 4 nitrogen and oxygen atoms in total. The smallest absolute Gasteiger partial charge is 0.231 e. The number of fused-ring (bicyclic) bond motifs is 1. The fourth-order valence-electron chi connectivity index (χ4n) is 2.40. The van der Waals surface area contributed by atoms with Crippen LogP contribution in [-0.4, -0.2) is 11.8 Å². The van der Waals surface area contributed by atoms with Crippen LogP contribution < -0.4 is 15.2 Å². The van der Waals surface area contributed by atoms with Crippen LogP contribution in [0.15, 0.2) is 47.8 Å². The van der Waals surface area contributed by atoms with Crippen LogP contribution in [0.25, 0.3) is 11.3 Å². The van der Waals surface area contributed by atoms with Crippen molar-refractivity contribution in [2.75, 3.05) is 12.5 Å². The van der Waals surface area contributed by atoms with Crippen molar-refractivity contribution in [3.63, 3.8) is 0 Å². The number of nitrogens with zero attached hydrogens (tertiary/aromatic N) is 1. The van der Waals surface area contributed by atoms with Crippen LogP contribution in [0.3, 0.4) is 0 Å². The Kier molecular flexibility index (Phi) is 3.20. The predicted molar refractivity (Wildman–Crippen MR) is 87.3 cm³/mol. The molecule has 0 unspecified atom stereocenters. The van der Waals surface area contributed by atoms with Crippen LogP contribution in [-0.2, 0) is 6.42 Å². The zero-order valence-electron chi connectivity index (χ0n) is 11.8. The molecule has 0 atom stereocenters. The van der Waals surface area contributed by atoms with Gasteiger partial charge in [0.25, 0.3) is 0 Å². The van der Waals surface area contributed by atoms with Crippen molar-refractivity contribution < 1.29 is 9.47 Å². The van der Waals surface area contributed by atoms with Crippen LogP contribution in [0.2, 0.25) is 0 Å². The molecule has 2 N–H and O–H groups in total. The Bertz CT molecular complexity index is 812. The van der Waals surface area contributed by atoms with E-state index in [2.05, 4.69) is 11.4 Å². The second-order valence-electron chi connectivity index (χ2n) is 5.11. The molecule has 5 heteroatoms. The lowest BCUT2D eigenvalue weighted by Crippen LogP contribution is -1.93. The van der Waals surface area contributed by atoms with Gasteiger partial charge < -0.3 is 15.2 Å². The third kappa shape index (κ3) is 2.51. The van der Waals surface area contributed by atoms with Crippen molar-refractivity contribution in [2.24, 2.45) is 0 Å². The maximum Gasteiger partial charge on any atom is 0.231 e.